The molecule has 2 aromatic heterocycles. The molecule has 4 rings (SSSR count). The Morgan fingerprint density at radius 2 is 1.94 bits per heavy atom. The van der Waals surface area contributed by atoms with E-state index >= 15 is 0 Å². The molecule has 1 aromatic carbocycles. The van der Waals surface area contributed by atoms with Crippen molar-refractivity contribution in [2.45, 2.75) is 58.4 Å². The van der Waals surface area contributed by atoms with E-state index in [0.717, 1.165) is 22.6 Å². The Bertz CT molecular complexity index is 1140. The first kappa shape index (κ1) is 21.7. The maximum absolute atomic E-state index is 12.5. The number of nitrogens with zero attached hydrogens (tertiary/aromatic N) is 2. The lowest BCUT2D eigenvalue weighted by atomic mass is 9.84. The van der Waals surface area contributed by atoms with Crippen molar-refractivity contribution in [3.63, 3.8) is 0 Å². The monoisotopic (exact) mass is 427 g/mol. The van der Waals surface area contributed by atoms with Crippen LogP contribution in [0.5, 0.6) is 0 Å². The molecule has 5 heteroatoms. The highest BCUT2D eigenvalue weighted by atomic mass is 16.3. The normalized spacial score (nSPS) is 14.8. The zero-order valence-corrected chi connectivity index (χ0v) is 18.7. The van der Waals surface area contributed by atoms with Crippen molar-refractivity contribution in [3.05, 3.63) is 82.6 Å². The van der Waals surface area contributed by atoms with Crippen LogP contribution in [-0.4, -0.2) is 10.5 Å². The van der Waals surface area contributed by atoms with Gasteiger partial charge in [0.15, 0.2) is 0 Å². The van der Waals surface area contributed by atoms with Crippen LogP contribution in [0, 0.1) is 25.2 Å². The van der Waals surface area contributed by atoms with Crippen molar-refractivity contribution in [2.75, 3.05) is 0 Å². The largest absolute Gasteiger partial charge is 0.467 e. The zero-order chi connectivity index (χ0) is 22.5. The van der Waals surface area contributed by atoms with Crippen LogP contribution in [0.2, 0.25) is 0 Å². The van der Waals surface area contributed by atoms with E-state index in [9.17, 15) is 10.1 Å². The lowest BCUT2D eigenvalue weighted by Gasteiger charge is -2.22. The number of benzene rings is 1. The molecule has 1 N–H and O–H groups in total. The quantitative estimate of drug-likeness (QED) is 0.390. The van der Waals surface area contributed by atoms with Crippen molar-refractivity contribution < 1.29 is 9.21 Å². The number of hydrogen-bond donors (Lipinski definition) is 1. The van der Waals surface area contributed by atoms with Crippen LogP contribution < -0.4 is 5.32 Å². The minimum absolute atomic E-state index is 0.0736. The van der Waals surface area contributed by atoms with Gasteiger partial charge in [-0.2, -0.15) is 5.26 Å². The summed E-state index contributed by atoms with van der Waals surface area (Å²) < 4.78 is 7.40. The van der Waals surface area contributed by atoms with Gasteiger partial charge in [0.05, 0.1) is 12.8 Å². The summed E-state index contributed by atoms with van der Waals surface area (Å²) >= 11 is 0. The molecular formula is C27H29N3O2. The Labute approximate surface area is 189 Å². The van der Waals surface area contributed by atoms with Gasteiger partial charge in [-0.05, 0) is 80.1 Å². The molecular weight excluding hydrogens is 398 g/mol. The lowest BCUT2D eigenvalue weighted by molar-refractivity contribution is -0.117. The van der Waals surface area contributed by atoms with Gasteiger partial charge < -0.3 is 14.3 Å². The summed E-state index contributed by atoms with van der Waals surface area (Å²) in [4.78, 5) is 12.5. The number of carbonyl (C=O) groups is 1. The van der Waals surface area contributed by atoms with E-state index in [1.807, 2.05) is 26.0 Å². The molecule has 0 saturated heterocycles. The number of nitrogens with one attached hydrogen (secondary N) is 1. The number of aromatic nitrogens is 1. The van der Waals surface area contributed by atoms with E-state index in [4.69, 9.17) is 4.42 Å². The van der Waals surface area contributed by atoms with Crippen molar-refractivity contribution in [2.24, 2.45) is 0 Å². The van der Waals surface area contributed by atoms with Crippen molar-refractivity contribution >= 4 is 12.0 Å². The number of hydrogen-bond acceptors (Lipinski definition) is 3. The third-order valence-corrected chi connectivity index (χ3v) is 6.37. The molecule has 164 valence electrons. The summed E-state index contributed by atoms with van der Waals surface area (Å²) in [5.41, 5.74) is 5.52. The molecule has 0 spiro atoms. The number of carbonyl (C=O) groups excluding carboxylic acids is 1. The van der Waals surface area contributed by atoms with Crippen molar-refractivity contribution in [3.8, 4) is 11.8 Å². The number of furan rings is 1. The predicted molar refractivity (Wildman–Crippen MR) is 125 cm³/mol. The van der Waals surface area contributed by atoms with E-state index in [2.05, 4.69) is 34.1 Å². The van der Waals surface area contributed by atoms with Crippen LogP contribution in [0.1, 0.15) is 66.3 Å². The van der Waals surface area contributed by atoms with Crippen LogP contribution in [0.25, 0.3) is 11.8 Å². The van der Waals surface area contributed by atoms with E-state index in [1.165, 1.54) is 37.7 Å². The summed E-state index contributed by atoms with van der Waals surface area (Å²) in [5, 5.41) is 12.3. The molecule has 0 aliphatic heterocycles. The molecule has 32 heavy (non-hydrogen) atoms. The molecule has 1 aliphatic carbocycles. The van der Waals surface area contributed by atoms with Crippen LogP contribution in [0.4, 0.5) is 0 Å². The molecule has 1 amide bonds. The second kappa shape index (κ2) is 9.74. The fraction of sp³-hybridized carbons (Fsp3) is 0.333. The highest BCUT2D eigenvalue weighted by molar-refractivity contribution is 6.01. The molecule has 1 saturated carbocycles. The van der Waals surface area contributed by atoms with E-state index < -0.39 is 5.91 Å². The lowest BCUT2D eigenvalue weighted by Crippen LogP contribution is -2.23. The maximum atomic E-state index is 12.5. The van der Waals surface area contributed by atoms with Crippen molar-refractivity contribution in [1.82, 2.24) is 9.88 Å². The first-order chi connectivity index (χ1) is 15.6. The number of amides is 1. The molecule has 5 nitrogen and oxygen atoms in total. The summed E-state index contributed by atoms with van der Waals surface area (Å²) in [5.74, 6) is 0.914. The Balaban J connectivity index is 1.54. The van der Waals surface area contributed by atoms with Crippen LogP contribution in [-0.2, 0) is 11.3 Å². The van der Waals surface area contributed by atoms with Gasteiger partial charge in [0.25, 0.3) is 5.91 Å². The molecule has 0 bridgehead atoms. The molecule has 0 atom stereocenters. The number of nitriles is 1. The van der Waals surface area contributed by atoms with Crippen LogP contribution in [0.3, 0.4) is 0 Å². The van der Waals surface area contributed by atoms with Gasteiger partial charge in [-0.25, -0.2) is 0 Å². The van der Waals surface area contributed by atoms with Gasteiger partial charge >= 0.3 is 0 Å². The highest BCUT2D eigenvalue weighted by Gasteiger charge is 2.17. The van der Waals surface area contributed by atoms with Crippen molar-refractivity contribution in [1.29, 1.82) is 5.26 Å². The third kappa shape index (κ3) is 4.70. The second-order valence-electron chi connectivity index (χ2n) is 8.52. The van der Waals surface area contributed by atoms with E-state index in [-0.39, 0.29) is 12.1 Å². The average Bonchev–Trinajstić information content (AvgIpc) is 3.44. The molecule has 3 aromatic rings. The summed E-state index contributed by atoms with van der Waals surface area (Å²) in [7, 11) is 0. The Hall–Kier alpha value is -3.52. The van der Waals surface area contributed by atoms with Gasteiger partial charge in [0.1, 0.15) is 17.4 Å². The van der Waals surface area contributed by atoms with E-state index in [1.54, 1.807) is 24.5 Å². The Morgan fingerprint density at radius 3 is 2.59 bits per heavy atom. The van der Waals surface area contributed by atoms with Gasteiger partial charge in [-0.1, -0.05) is 31.4 Å². The summed E-state index contributed by atoms with van der Waals surface area (Å²) in [6.07, 6.45) is 9.80. The third-order valence-electron chi connectivity index (χ3n) is 6.37. The van der Waals surface area contributed by atoms with E-state index in [0.29, 0.717) is 11.7 Å². The zero-order valence-electron chi connectivity index (χ0n) is 18.7. The molecule has 0 radical (unpaired) electrons. The second-order valence-corrected chi connectivity index (χ2v) is 8.52. The van der Waals surface area contributed by atoms with Gasteiger partial charge in [0.2, 0.25) is 0 Å². The van der Waals surface area contributed by atoms with Gasteiger partial charge in [-0.15, -0.1) is 0 Å². The van der Waals surface area contributed by atoms with Gasteiger partial charge in [-0.3, -0.25) is 4.79 Å². The fourth-order valence-corrected chi connectivity index (χ4v) is 4.64. The molecule has 0 unspecified atom stereocenters. The Kier molecular flexibility index (Phi) is 6.61. The average molecular weight is 428 g/mol. The molecule has 1 aliphatic rings. The predicted octanol–water partition coefficient (Wildman–Crippen LogP) is 5.96. The van der Waals surface area contributed by atoms with Gasteiger partial charge in [0, 0.05) is 17.1 Å². The summed E-state index contributed by atoms with van der Waals surface area (Å²) in [6, 6.07) is 16.5. The summed E-state index contributed by atoms with van der Waals surface area (Å²) in [6.45, 7) is 4.31. The number of aryl methyl sites for hydroxylation is 1. The smallest absolute Gasteiger partial charge is 0.262 e. The topological polar surface area (TPSA) is 71.0 Å². The minimum atomic E-state index is -0.412. The highest BCUT2D eigenvalue weighted by Crippen LogP contribution is 2.33. The minimum Gasteiger partial charge on any atom is -0.467 e. The Morgan fingerprint density at radius 1 is 1.19 bits per heavy atom. The van der Waals surface area contributed by atoms with Crippen LogP contribution >= 0.6 is 0 Å². The van der Waals surface area contributed by atoms with Crippen LogP contribution in [0.15, 0.2) is 58.7 Å². The SMILES string of the molecule is Cc1cc(C=C(C#N)C(=O)NCc2ccco2)c(C)n1-c1ccc(C2CCCCC2)cc1. The first-order valence-corrected chi connectivity index (χ1v) is 11.3. The fourth-order valence-electron chi connectivity index (χ4n) is 4.64. The molecule has 1 fully saturated rings. The molecule has 2 heterocycles. The number of rotatable bonds is 6. The maximum Gasteiger partial charge on any atom is 0.262 e. The first-order valence-electron chi connectivity index (χ1n) is 11.3. The standard InChI is InChI=1S/C27H29N3O2/c1-19-15-23(16-24(17-28)27(31)29-18-26-9-6-14-32-26)20(2)30(19)25-12-10-22(11-13-25)21-7-4-3-5-8-21/h6,9-16,21H,3-5,7-8,18H2,1-2H3,(H,29,31).